The highest BCUT2D eigenvalue weighted by molar-refractivity contribution is 4.86. The molecule has 124 valence electrons. The zero-order valence-corrected chi connectivity index (χ0v) is 14.1. The van der Waals surface area contributed by atoms with Crippen LogP contribution in [0.4, 0.5) is 0 Å². The van der Waals surface area contributed by atoms with Gasteiger partial charge in [-0.05, 0) is 57.2 Å². The maximum Gasteiger partial charge on any atom is 0.0558 e. The molecule has 1 saturated heterocycles. The van der Waals surface area contributed by atoms with Gasteiger partial charge in [-0.15, -0.1) is 0 Å². The molecule has 0 aromatic carbocycles. The molecule has 21 heavy (non-hydrogen) atoms. The first-order chi connectivity index (χ1) is 10.2. The molecule has 3 unspecified atom stereocenters. The van der Waals surface area contributed by atoms with Gasteiger partial charge in [0.2, 0.25) is 0 Å². The quantitative estimate of drug-likeness (QED) is 0.777. The number of aliphatic hydroxyl groups excluding tert-OH is 1. The summed E-state index contributed by atoms with van der Waals surface area (Å²) < 4.78 is 0. The Morgan fingerprint density at radius 3 is 2.62 bits per heavy atom. The molecule has 0 aromatic heterocycles. The van der Waals surface area contributed by atoms with E-state index in [2.05, 4.69) is 29.0 Å². The lowest BCUT2D eigenvalue weighted by atomic mass is 9.78. The van der Waals surface area contributed by atoms with Gasteiger partial charge in [0.1, 0.15) is 0 Å². The summed E-state index contributed by atoms with van der Waals surface area (Å²) in [5, 5.41) is 12.8. The van der Waals surface area contributed by atoms with Crippen molar-refractivity contribution in [3.63, 3.8) is 0 Å². The summed E-state index contributed by atoms with van der Waals surface area (Å²) in [5.41, 5.74) is 0. The zero-order valence-electron chi connectivity index (χ0n) is 14.1. The van der Waals surface area contributed by atoms with Crippen molar-refractivity contribution < 1.29 is 5.11 Å². The van der Waals surface area contributed by atoms with Gasteiger partial charge in [-0.3, -0.25) is 4.90 Å². The largest absolute Gasteiger partial charge is 0.395 e. The van der Waals surface area contributed by atoms with Crippen molar-refractivity contribution >= 4 is 0 Å². The van der Waals surface area contributed by atoms with E-state index in [0.29, 0.717) is 6.61 Å². The summed E-state index contributed by atoms with van der Waals surface area (Å²) in [7, 11) is 0. The second-order valence-corrected chi connectivity index (χ2v) is 7.06. The van der Waals surface area contributed by atoms with E-state index >= 15 is 0 Å². The third-order valence-corrected chi connectivity index (χ3v) is 5.30. The van der Waals surface area contributed by atoms with Crippen LogP contribution >= 0.6 is 0 Å². The lowest BCUT2D eigenvalue weighted by molar-refractivity contribution is 0.145. The smallest absolute Gasteiger partial charge is 0.0558 e. The molecule has 1 aliphatic heterocycles. The van der Waals surface area contributed by atoms with Crippen LogP contribution in [0.1, 0.15) is 39.5 Å². The van der Waals surface area contributed by atoms with Gasteiger partial charge in [-0.2, -0.15) is 0 Å². The van der Waals surface area contributed by atoms with Crippen LogP contribution in [-0.2, 0) is 0 Å². The van der Waals surface area contributed by atoms with E-state index in [1.807, 2.05) is 0 Å². The minimum absolute atomic E-state index is 0.294. The van der Waals surface area contributed by atoms with Crippen LogP contribution in [0.3, 0.4) is 0 Å². The lowest BCUT2D eigenvalue weighted by Crippen LogP contribution is -2.46. The summed E-state index contributed by atoms with van der Waals surface area (Å²) in [6.07, 6.45) is 5.37. The van der Waals surface area contributed by atoms with Gasteiger partial charge in [0.15, 0.2) is 0 Å². The summed E-state index contributed by atoms with van der Waals surface area (Å²) in [5.74, 6) is 1.71. The molecular formula is C17H35N3O. The lowest BCUT2D eigenvalue weighted by Gasteiger charge is -2.38. The average molecular weight is 297 g/mol. The molecule has 0 bridgehead atoms. The van der Waals surface area contributed by atoms with E-state index < -0.39 is 0 Å². The van der Waals surface area contributed by atoms with Crippen LogP contribution in [0.15, 0.2) is 0 Å². The van der Waals surface area contributed by atoms with Crippen molar-refractivity contribution in [1.82, 2.24) is 15.1 Å². The molecular weight excluding hydrogens is 262 g/mol. The fourth-order valence-electron chi connectivity index (χ4n) is 4.14. The Balaban J connectivity index is 1.83. The summed E-state index contributed by atoms with van der Waals surface area (Å²) in [6.45, 7) is 12.8. The van der Waals surface area contributed by atoms with Crippen LogP contribution < -0.4 is 5.32 Å². The minimum Gasteiger partial charge on any atom is -0.395 e. The molecule has 4 heteroatoms. The van der Waals surface area contributed by atoms with Crippen LogP contribution in [0.2, 0.25) is 0 Å². The van der Waals surface area contributed by atoms with Crippen LogP contribution in [0.25, 0.3) is 0 Å². The van der Waals surface area contributed by atoms with Gasteiger partial charge in [0.25, 0.3) is 0 Å². The second-order valence-electron chi connectivity index (χ2n) is 7.06. The Morgan fingerprint density at radius 2 is 1.86 bits per heavy atom. The number of hydrogen-bond acceptors (Lipinski definition) is 4. The molecule has 1 aliphatic carbocycles. The van der Waals surface area contributed by atoms with Gasteiger partial charge < -0.3 is 15.3 Å². The van der Waals surface area contributed by atoms with Crippen LogP contribution in [0.5, 0.6) is 0 Å². The van der Waals surface area contributed by atoms with Crippen molar-refractivity contribution in [1.29, 1.82) is 0 Å². The molecule has 2 aliphatic rings. The number of nitrogens with zero attached hydrogens (tertiary/aromatic N) is 2. The zero-order chi connectivity index (χ0) is 15.1. The topological polar surface area (TPSA) is 38.7 Å². The normalized spacial score (nSPS) is 33.0. The molecule has 2 N–H and O–H groups in total. The van der Waals surface area contributed by atoms with E-state index in [4.69, 9.17) is 5.11 Å². The monoisotopic (exact) mass is 297 g/mol. The van der Waals surface area contributed by atoms with Crippen molar-refractivity contribution in [2.45, 2.75) is 45.6 Å². The van der Waals surface area contributed by atoms with Gasteiger partial charge in [-0.25, -0.2) is 0 Å². The number of hydrogen-bond donors (Lipinski definition) is 2. The third-order valence-electron chi connectivity index (χ3n) is 5.30. The van der Waals surface area contributed by atoms with Crippen LogP contribution in [0, 0.1) is 11.8 Å². The average Bonchev–Trinajstić information content (AvgIpc) is 2.68. The standard InChI is InChI=1S/C17H35N3O/c1-3-18-17-6-5-15(2)13-16(17)14-20-8-4-7-19(9-10-20)11-12-21/h15-18,21H,3-14H2,1-2H3. The molecule has 2 fully saturated rings. The molecule has 0 aromatic rings. The molecule has 4 nitrogen and oxygen atoms in total. The van der Waals surface area contributed by atoms with Gasteiger partial charge in [0, 0.05) is 32.2 Å². The first-order valence-corrected chi connectivity index (χ1v) is 9.01. The molecule has 0 spiro atoms. The number of rotatable bonds is 6. The van der Waals surface area contributed by atoms with Gasteiger partial charge in [0.05, 0.1) is 6.61 Å². The molecule has 0 radical (unpaired) electrons. The number of nitrogens with one attached hydrogen (secondary N) is 1. The number of aliphatic hydroxyl groups is 1. The highest BCUT2D eigenvalue weighted by atomic mass is 16.3. The maximum absolute atomic E-state index is 9.10. The van der Waals surface area contributed by atoms with E-state index in [1.54, 1.807) is 0 Å². The highest BCUT2D eigenvalue weighted by Crippen LogP contribution is 2.30. The van der Waals surface area contributed by atoms with Gasteiger partial charge in [-0.1, -0.05) is 13.8 Å². The van der Waals surface area contributed by atoms with Crippen molar-refractivity contribution in [2.24, 2.45) is 11.8 Å². The first kappa shape index (κ1) is 17.2. The Hall–Kier alpha value is -0.160. The van der Waals surface area contributed by atoms with E-state index in [9.17, 15) is 0 Å². The van der Waals surface area contributed by atoms with E-state index in [-0.39, 0.29) is 0 Å². The maximum atomic E-state index is 9.10. The molecule has 0 amide bonds. The molecule has 1 heterocycles. The summed E-state index contributed by atoms with van der Waals surface area (Å²) in [6, 6.07) is 0.725. The molecule has 1 saturated carbocycles. The first-order valence-electron chi connectivity index (χ1n) is 9.01. The predicted molar refractivity (Wildman–Crippen MR) is 88.6 cm³/mol. The fraction of sp³-hybridized carbons (Fsp3) is 1.00. The Morgan fingerprint density at radius 1 is 1.10 bits per heavy atom. The molecule has 3 atom stereocenters. The van der Waals surface area contributed by atoms with E-state index in [1.165, 1.54) is 45.3 Å². The summed E-state index contributed by atoms with van der Waals surface area (Å²) in [4.78, 5) is 5.08. The third kappa shape index (κ3) is 5.51. The molecule has 2 rings (SSSR count). The second kappa shape index (κ2) is 9.09. The summed E-state index contributed by atoms with van der Waals surface area (Å²) >= 11 is 0. The SMILES string of the molecule is CCNC1CCC(C)CC1CN1CCCN(CCO)CC1. The minimum atomic E-state index is 0.294. The Kier molecular flexibility index (Phi) is 7.44. The van der Waals surface area contributed by atoms with Gasteiger partial charge >= 0.3 is 0 Å². The van der Waals surface area contributed by atoms with Crippen molar-refractivity contribution in [3.05, 3.63) is 0 Å². The van der Waals surface area contributed by atoms with Crippen LogP contribution in [-0.4, -0.2) is 73.4 Å². The van der Waals surface area contributed by atoms with Crippen molar-refractivity contribution in [3.8, 4) is 0 Å². The van der Waals surface area contributed by atoms with E-state index in [0.717, 1.165) is 44.1 Å². The Labute approximate surface area is 130 Å². The van der Waals surface area contributed by atoms with Crippen molar-refractivity contribution in [2.75, 3.05) is 52.4 Å². The fourth-order valence-corrected chi connectivity index (χ4v) is 4.14. The number of β-amino-alcohol motifs (C(OH)–C–C–N with tert-alkyl or cyclic N) is 1. The highest BCUT2D eigenvalue weighted by Gasteiger charge is 2.29. The predicted octanol–water partition coefficient (Wildman–Crippen LogP) is 1.40. The Bertz CT molecular complexity index is 287.